The Kier molecular flexibility index (Phi) is 7.20. The maximum Gasteiger partial charge on any atom is 0.303 e. The van der Waals surface area contributed by atoms with Crippen LogP contribution in [-0.4, -0.2) is 36.2 Å². The van der Waals surface area contributed by atoms with E-state index in [2.05, 4.69) is 12.2 Å². The zero-order valence-corrected chi connectivity index (χ0v) is 13.4. The smallest absolute Gasteiger partial charge is 0.303 e. The SMILES string of the molecule is O=C(O)CCC/C=C\C[C@H]1BC[C@@H](O)[C@@H]1COc1ccccc1. The Bertz CT molecular complexity index is 503. The van der Waals surface area contributed by atoms with E-state index in [0.717, 1.165) is 32.2 Å². The van der Waals surface area contributed by atoms with E-state index in [-0.39, 0.29) is 18.4 Å². The molecule has 0 radical (unpaired) electrons. The fourth-order valence-electron chi connectivity index (χ4n) is 3.14. The summed E-state index contributed by atoms with van der Waals surface area (Å²) in [5.41, 5.74) is 0. The largest absolute Gasteiger partial charge is 0.493 e. The molecule has 0 amide bonds. The fraction of sp³-hybridized carbons (Fsp3) is 0.500. The summed E-state index contributed by atoms with van der Waals surface area (Å²) in [6.45, 7) is 0.544. The molecule has 23 heavy (non-hydrogen) atoms. The summed E-state index contributed by atoms with van der Waals surface area (Å²) in [5.74, 6) is 0.702. The van der Waals surface area contributed by atoms with Crippen LogP contribution in [0.15, 0.2) is 42.5 Å². The van der Waals surface area contributed by atoms with Crippen molar-refractivity contribution in [1.29, 1.82) is 0 Å². The normalized spacial score (nSPS) is 23.8. The minimum absolute atomic E-state index is 0.166. The van der Waals surface area contributed by atoms with Crippen molar-refractivity contribution in [3.63, 3.8) is 0 Å². The summed E-state index contributed by atoms with van der Waals surface area (Å²) >= 11 is 0. The van der Waals surface area contributed by atoms with Gasteiger partial charge in [0.05, 0.1) is 12.7 Å². The Balaban J connectivity index is 1.74. The summed E-state index contributed by atoms with van der Waals surface area (Å²) < 4.78 is 5.81. The molecule has 4 nitrogen and oxygen atoms in total. The molecule has 1 aliphatic rings. The van der Waals surface area contributed by atoms with Crippen LogP contribution in [0.4, 0.5) is 0 Å². The van der Waals surface area contributed by atoms with Crippen LogP contribution < -0.4 is 4.74 Å². The first kappa shape index (κ1) is 17.6. The number of benzene rings is 1. The summed E-state index contributed by atoms with van der Waals surface area (Å²) in [6, 6.07) is 9.70. The van der Waals surface area contributed by atoms with Crippen molar-refractivity contribution in [3.8, 4) is 5.75 Å². The number of carboxylic acids is 1. The Morgan fingerprint density at radius 1 is 1.30 bits per heavy atom. The Morgan fingerprint density at radius 2 is 2.09 bits per heavy atom. The van der Waals surface area contributed by atoms with Crippen LogP contribution in [0.3, 0.4) is 0 Å². The van der Waals surface area contributed by atoms with Crippen molar-refractivity contribution in [3.05, 3.63) is 42.5 Å². The summed E-state index contributed by atoms with van der Waals surface area (Å²) in [5, 5.41) is 18.8. The monoisotopic (exact) mass is 316 g/mol. The lowest BCUT2D eigenvalue weighted by Crippen LogP contribution is -2.23. The summed E-state index contributed by atoms with van der Waals surface area (Å²) in [4.78, 5) is 10.4. The van der Waals surface area contributed by atoms with Gasteiger partial charge >= 0.3 is 5.97 Å². The van der Waals surface area contributed by atoms with Gasteiger partial charge in [-0.3, -0.25) is 4.79 Å². The number of aliphatic hydroxyl groups is 1. The highest BCUT2D eigenvalue weighted by Crippen LogP contribution is 2.35. The van der Waals surface area contributed by atoms with Crippen LogP contribution in [0.2, 0.25) is 12.1 Å². The highest BCUT2D eigenvalue weighted by molar-refractivity contribution is 6.39. The number of aliphatic hydroxyl groups excluding tert-OH is 1. The molecule has 1 saturated heterocycles. The second kappa shape index (κ2) is 9.41. The average Bonchev–Trinajstić information content (AvgIpc) is 2.89. The second-order valence-electron chi connectivity index (χ2n) is 6.19. The molecular weight excluding hydrogens is 291 g/mol. The second-order valence-corrected chi connectivity index (χ2v) is 6.19. The van der Waals surface area contributed by atoms with E-state index in [1.807, 2.05) is 30.3 Å². The predicted octanol–water partition coefficient (Wildman–Crippen LogP) is 2.90. The van der Waals surface area contributed by atoms with Crippen LogP contribution in [0, 0.1) is 5.92 Å². The summed E-state index contributed by atoms with van der Waals surface area (Å²) in [7, 11) is 1.02. The third-order valence-electron chi connectivity index (χ3n) is 4.49. The first-order valence-corrected chi connectivity index (χ1v) is 8.39. The van der Waals surface area contributed by atoms with E-state index in [4.69, 9.17) is 9.84 Å². The third kappa shape index (κ3) is 6.10. The molecule has 0 spiro atoms. The zero-order chi connectivity index (χ0) is 16.5. The fourth-order valence-corrected chi connectivity index (χ4v) is 3.14. The number of allylic oxidation sites excluding steroid dienone is 2. The van der Waals surface area contributed by atoms with Gasteiger partial charge in [-0.15, -0.1) is 0 Å². The predicted molar refractivity (Wildman–Crippen MR) is 92.4 cm³/mol. The van der Waals surface area contributed by atoms with E-state index in [0.29, 0.717) is 18.8 Å². The standard InChI is InChI=1S/C18H25BO4/c20-17-12-19-16(10-6-1-2-7-11-18(21)22)15(17)13-23-14-8-4-3-5-9-14/h1,3-6,8-9,15-17,19-20H,2,7,10-13H2,(H,21,22)/b6-1-/t15-,16-,17-/m1/s1. The van der Waals surface area contributed by atoms with Crippen molar-refractivity contribution in [2.45, 2.75) is 43.9 Å². The number of hydrogen-bond acceptors (Lipinski definition) is 3. The van der Waals surface area contributed by atoms with E-state index in [9.17, 15) is 9.90 Å². The quantitative estimate of drug-likeness (QED) is 0.418. The van der Waals surface area contributed by atoms with E-state index in [1.165, 1.54) is 0 Å². The van der Waals surface area contributed by atoms with Crippen molar-refractivity contribution in [1.82, 2.24) is 0 Å². The molecule has 2 N–H and O–H groups in total. The van der Waals surface area contributed by atoms with Crippen LogP contribution in [0.5, 0.6) is 5.75 Å². The van der Waals surface area contributed by atoms with Crippen LogP contribution >= 0.6 is 0 Å². The Labute approximate surface area is 138 Å². The molecule has 3 atom stereocenters. The van der Waals surface area contributed by atoms with Gasteiger partial charge in [0.2, 0.25) is 0 Å². The van der Waals surface area contributed by atoms with Gasteiger partial charge in [-0.25, -0.2) is 0 Å². The lowest BCUT2D eigenvalue weighted by molar-refractivity contribution is -0.137. The number of carboxylic acid groups (broad SMARTS) is 1. The van der Waals surface area contributed by atoms with E-state index in [1.54, 1.807) is 0 Å². The number of ether oxygens (including phenoxy) is 1. The van der Waals surface area contributed by atoms with Crippen LogP contribution in [0.1, 0.15) is 25.7 Å². The molecular formula is C18H25BO4. The molecule has 0 saturated carbocycles. The molecule has 5 heteroatoms. The highest BCUT2D eigenvalue weighted by Gasteiger charge is 2.35. The zero-order valence-electron chi connectivity index (χ0n) is 13.4. The average molecular weight is 316 g/mol. The molecule has 0 aromatic heterocycles. The van der Waals surface area contributed by atoms with Gasteiger partial charge in [-0.1, -0.05) is 42.5 Å². The van der Waals surface area contributed by atoms with Gasteiger partial charge in [0.1, 0.15) is 13.0 Å². The number of para-hydroxylation sites is 1. The van der Waals surface area contributed by atoms with Crippen molar-refractivity contribution < 1.29 is 19.7 Å². The van der Waals surface area contributed by atoms with E-state index < -0.39 is 5.97 Å². The highest BCUT2D eigenvalue weighted by atomic mass is 16.5. The topological polar surface area (TPSA) is 66.8 Å². The number of aliphatic carboxylic acids is 1. The number of carbonyl (C=O) groups is 1. The lowest BCUT2D eigenvalue weighted by atomic mass is 9.64. The molecule has 124 valence electrons. The molecule has 0 unspecified atom stereocenters. The van der Waals surface area contributed by atoms with Crippen molar-refractivity contribution in [2.75, 3.05) is 6.61 Å². The van der Waals surface area contributed by atoms with Crippen molar-refractivity contribution >= 4 is 13.2 Å². The van der Waals surface area contributed by atoms with Crippen LogP contribution in [-0.2, 0) is 4.79 Å². The van der Waals surface area contributed by atoms with Crippen molar-refractivity contribution in [2.24, 2.45) is 5.92 Å². The first-order chi connectivity index (χ1) is 11.2. The van der Waals surface area contributed by atoms with Gasteiger partial charge in [-0.2, -0.15) is 0 Å². The first-order valence-electron chi connectivity index (χ1n) is 8.39. The molecule has 0 aliphatic carbocycles. The lowest BCUT2D eigenvalue weighted by Gasteiger charge is -2.22. The van der Waals surface area contributed by atoms with Gasteiger partial charge in [0.25, 0.3) is 0 Å². The van der Waals surface area contributed by atoms with Gasteiger partial charge in [0.15, 0.2) is 0 Å². The summed E-state index contributed by atoms with van der Waals surface area (Å²) in [6.07, 6.45) is 7.35. The maximum atomic E-state index is 10.4. The molecule has 1 aromatic carbocycles. The molecule has 1 aromatic rings. The minimum atomic E-state index is -0.740. The number of rotatable bonds is 9. The molecule has 1 heterocycles. The van der Waals surface area contributed by atoms with Crippen LogP contribution in [0.25, 0.3) is 0 Å². The molecule has 0 bridgehead atoms. The van der Waals surface area contributed by atoms with Gasteiger partial charge in [-0.05, 0) is 31.4 Å². The molecule has 1 aliphatic heterocycles. The van der Waals surface area contributed by atoms with Gasteiger partial charge in [0, 0.05) is 12.3 Å². The van der Waals surface area contributed by atoms with Gasteiger partial charge < -0.3 is 14.9 Å². The Morgan fingerprint density at radius 3 is 2.83 bits per heavy atom. The third-order valence-corrected chi connectivity index (χ3v) is 4.49. The Hall–Kier alpha value is -1.75. The number of hydrogen-bond donors (Lipinski definition) is 2. The molecule has 2 rings (SSSR count). The number of unbranched alkanes of at least 4 members (excludes halogenated alkanes) is 1. The maximum absolute atomic E-state index is 10.4. The minimum Gasteiger partial charge on any atom is -0.493 e. The van der Waals surface area contributed by atoms with E-state index >= 15 is 0 Å². The molecule has 1 fully saturated rings.